The van der Waals surface area contributed by atoms with E-state index in [1.54, 1.807) is 20.2 Å². The highest BCUT2D eigenvalue weighted by Crippen LogP contribution is 2.33. The average Bonchev–Trinajstić information content (AvgIpc) is 2.83. The van der Waals surface area contributed by atoms with Gasteiger partial charge in [0, 0.05) is 6.04 Å². The van der Waals surface area contributed by atoms with Crippen molar-refractivity contribution in [2.75, 3.05) is 7.11 Å². The van der Waals surface area contributed by atoms with Crippen molar-refractivity contribution in [2.24, 2.45) is 11.1 Å². The number of nitrogens with two attached hydrogens (primary N) is 1. The van der Waals surface area contributed by atoms with Gasteiger partial charge >= 0.3 is 5.97 Å². The molecule has 0 spiro atoms. The van der Waals surface area contributed by atoms with Gasteiger partial charge in [-0.25, -0.2) is 4.98 Å². The van der Waals surface area contributed by atoms with Gasteiger partial charge in [0.1, 0.15) is 0 Å². The molecule has 18 heavy (non-hydrogen) atoms. The minimum Gasteiger partial charge on any atom is -0.469 e. The number of nitrogens with zero attached hydrogens (tertiary/aromatic N) is 1. The number of rotatable bonds is 3. The number of hydrogen-bond donors (Lipinski definition) is 2. The number of fused-ring (bicyclic) bond motifs is 1. The zero-order valence-corrected chi connectivity index (χ0v) is 10.7. The predicted octanol–water partition coefficient (Wildman–Crippen LogP) is 1.76. The topological polar surface area (TPSA) is 81.0 Å². The van der Waals surface area contributed by atoms with Crippen molar-refractivity contribution in [3.05, 3.63) is 30.1 Å². The summed E-state index contributed by atoms with van der Waals surface area (Å²) in [6, 6.07) is 5.25. The number of carbonyl (C=O) groups is 1. The van der Waals surface area contributed by atoms with Crippen molar-refractivity contribution in [1.82, 2.24) is 9.97 Å². The van der Waals surface area contributed by atoms with Gasteiger partial charge in [-0.15, -0.1) is 0 Å². The van der Waals surface area contributed by atoms with Gasteiger partial charge in [-0.1, -0.05) is 6.07 Å². The molecule has 96 valence electrons. The van der Waals surface area contributed by atoms with E-state index >= 15 is 0 Å². The van der Waals surface area contributed by atoms with Gasteiger partial charge in [-0.3, -0.25) is 4.79 Å². The lowest BCUT2D eigenvalue weighted by molar-refractivity contribution is -0.152. The predicted molar refractivity (Wildman–Crippen MR) is 68.8 cm³/mol. The van der Waals surface area contributed by atoms with E-state index in [-0.39, 0.29) is 5.97 Å². The summed E-state index contributed by atoms with van der Waals surface area (Å²) in [5, 5.41) is 0. The van der Waals surface area contributed by atoms with Crippen LogP contribution in [0.25, 0.3) is 11.0 Å². The molecule has 0 radical (unpaired) electrons. The van der Waals surface area contributed by atoms with Crippen LogP contribution in [-0.2, 0) is 9.53 Å². The van der Waals surface area contributed by atoms with E-state index in [1.807, 2.05) is 18.2 Å². The number of aromatic nitrogens is 2. The first-order valence-electron chi connectivity index (χ1n) is 5.74. The van der Waals surface area contributed by atoms with Gasteiger partial charge in [0.05, 0.1) is 29.9 Å². The van der Waals surface area contributed by atoms with Crippen LogP contribution >= 0.6 is 0 Å². The van der Waals surface area contributed by atoms with Crippen LogP contribution in [0.1, 0.15) is 25.5 Å². The summed E-state index contributed by atoms with van der Waals surface area (Å²) in [7, 11) is 1.37. The molecule has 0 fully saturated rings. The smallest absolute Gasteiger partial charge is 0.313 e. The number of H-pyrrole nitrogens is 1. The second-order valence-electron chi connectivity index (χ2n) is 4.87. The molecule has 0 saturated carbocycles. The Hall–Kier alpha value is -1.88. The van der Waals surface area contributed by atoms with Gasteiger partial charge in [-0.2, -0.15) is 0 Å². The second kappa shape index (κ2) is 4.42. The maximum Gasteiger partial charge on any atom is 0.313 e. The van der Waals surface area contributed by atoms with Crippen LogP contribution in [0.15, 0.2) is 24.5 Å². The average molecular weight is 247 g/mol. The number of hydrogen-bond acceptors (Lipinski definition) is 4. The monoisotopic (exact) mass is 247 g/mol. The molecule has 0 bridgehead atoms. The highest BCUT2D eigenvalue weighted by Gasteiger charge is 2.36. The third-order valence-corrected chi connectivity index (χ3v) is 3.29. The Morgan fingerprint density at radius 2 is 2.22 bits per heavy atom. The largest absolute Gasteiger partial charge is 0.469 e. The fraction of sp³-hybridized carbons (Fsp3) is 0.385. The van der Waals surface area contributed by atoms with Crippen molar-refractivity contribution in [2.45, 2.75) is 19.9 Å². The van der Waals surface area contributed by atoms with Crippen LogP contribution in [0.2, 0.25) is 0 Å². The minimum atomic E-state index is -0.775. The molecule has 0 saturated heterocycles. The fourth-order valence-corrected chi connectivity index (χ4v) is 1.95. The maximum absolute atomic E-state index is 11.7. The van der Waals surface area contributed by atoms with E-state index in [4.69, 9.17) is 10.5 Å². The first kappa shape index (κ1) is 12.6. The number of carbonyl (C=O) groups excluding carboxylic acids is 1. The van der Waals surface area contributed by atoms with E-state index in [2.05, 4.69) is 9.97 Å². The molecule has 5 heteroatoms. The molecule has 1 aromatic heterocycles. The summed E-state index contributed by atoms with van der Waals surface area (Å²) in [6.45, 7) is 3.56. The molecule has 1 atom stereocenters. The van der Waals surface area contributed by atoms with Crippen LogP contribution < -0.4 is 5.73 Å². The van der Waals surface area contributed by atoms with Crippen LogP contribution in [-0.4, -0.2) is 23.0 Å². The minimum absolute atomic E-state index is 0.320. The van der Waals surface area contributed by atoms with E-state index in [0.717, 1.165) is 16.6 Å². The Kier molecular flexibility index (Phi) is 3.09. The summed E-state index contributed by atoms with van der Waals surface area (Å²) in [4.78, 5) is 18.9. The normalized spacial score (nSPS) is 13.6. The van der Waals surface area contributed by atoms with Crippen molar-refractivity contribution >= 4 is 17.0 Å². The molecule has 2 rings (SSSR count). The molecule has 5 nitrogen and oxygen atoms in total. The van der Waals surface area contributed by atoms with Gasteiger partial charge < -0.3 is 15.5 Å². The summed E-state index contributed by atoms with van der Waals surface area (Å²) in [5.41, 5.74) is 8.06. The molecular formula is C13H17N3O2. The zero-order valence-electron chi connectivity index (χ0n) is 10.7. The standard InChI is InChI=1S/C13H17N3O2/c1-13(2,12(17)18-3)11(14)8-4-5-9-10(6-8)16-7-15-9/h4-7,11H,14H2,1-3H3,(H,15,16). The fourth-order valence-electron chi connectivity index (χ4n) is 1.95. The Balaban J connectivity index is 2.38. The number of nitrogens with one attached hydrogen (secondary N) is 1. The number of imidazole rings is 1. The van der Waals surface area contributed by atoms with Crippen molar-refractivity contribution < 1.29 is 9.53 Å². The summed E-state index contributed by atoms with van der Waals surface area (Å²) in [6.07, 6.45) is 1.63. The molecule has 2 aromatic rings. The Labute approximate surface area is 105 Å². The third-order valence-electron chi connectivity index (χ3n) is 3.29. The number of methoxy groups -OCH3 is 1. The van der Waals surface area contributed by atoms with E-state index in [1.165, 1.54) is 7.11 Å². The van der Waals surface area contributed by atoms with Crippen LogP contribution in [0, 0.1) is 5.41 Å². The number of ether oxygens (including phenoxy) is 1. The van der Waals surface area contributed by atoms with E-state index < -0.39 is 11.5 Å². The first-order chi connectivity index (χ1) is 8.46. The van der Waals surface area contributed by atoms with Crippen LogP contribution in [0.5, 0.6) is 0 Å². The van der Waals surface area contributed by atoms with E-state index in [0.29, 0.717) is 0 Å². The van der Waals surface area contributed by atoms with Gasteiger partial charge in [0.2, 0.25) is 0 Å². The van der Waals surface area contributed by atoms with Crippen molar-refractivity contribution in [3.63, 3.8) is 0 Å². The lowest BCUT2D eigenvalue weighted by Gasteiger charge is -2.28. The SMILES string of the molecule is COC(=O)C(C)(C)C(N)c1ccc2nc[nH]c2c1. The number of aromatic amines is 1. The Bertz CT molecular complexity index is 574. The molecule has 1 unspecified atom stereocenters. The molecule has 1 heterocycles. The Morgan fingerprint density at radius 3 is 2.89 bits per heavy atom. The maximum atomic E-state index is 11.7. The van der Waals surface area contributed by atoms with Gasteiger partial charge in [-0.05, 0) is 31.5 Å². The molecule has 0 amide bonds. The zero-order chi connectivity index (χ0) is 13.3. The summed E-state index contributed by atoms with van der Waals surface area (Å²) in [5.74, 6) is -0.320. The molecule has 3 N–H and O–H groups in total. The lowest BCUT2D eigenvalue weighted by atomic mass is 9.81. The third kappa shape index (κ3) is 1.97. The second-order valence-corrected chi connectivity index (χ2v) is 4.87. The quantitative estimate of drug-likeness (QED) is 0.810. The molecular weight excluding hydrogens is 230 g/mol. The summed E-state index contributed by atoms with van der Waals surface area (Å²) >= 11 is 0. The van der Waals surface area contributed by atoms with Crippen LogP contribution in [0.4, 0.5) is 0 Å². The van der Waals surface area contributed by atoms with Gasteiger partial charge in [0.15, 0.2) is 0 Å². The van der Waals surface area contributed by atoms with Crippen molar-refractivity contribution in [1.29, 1.82) is 0 Å². The summed E-state index contributed by atoms with van der Waals surface area (Å²) < 4.78 is 4.79. The molecule has 0 aliphatic carbocycles. The van der Waals surface area contributed by atoms with E-state index in [9.17, 15) is 4.79 Å². The van der Waals surface area contributed by atoms with Crippen LogP contribution in [0.3, 0.4) is 0 Å². The molecule has 0 aliphatic rings. The number of benzene rings is 1. The first-order valence-corrected chi connectivity index (χ1v) is 5.74. The van der Waals surface area contributed by atoms with Gasteiger partial charge in [0.25, 0.3) is 0 Å². The molecule has 0 aliphatic heterocycles. The number of esters is 1. The highest BCUT2D eigenvalue weighted by atomic mass is 16.5. The lowest BCUT2D eigenvalue weighted by Crippen LogP contribution is -2.37. The van der Waals surface area contributed by atoms with Crippen molar-refractivity contribution in [3.8, 4) is 0 Å². The molecule has 1 aromatic carbocycles. The Morgan fingerprint density at radius 1 is 1.50 bits per heavy atom. The highest BCUT2D eigenvalue weighted by molar-refractivity contribution is 5.78.